The van der Waals surface area contributed by atoms with Gasteiger partial charge in [0.1, 0.15) is 0 Å². The Kier molecular flexibility index (Phi) is 4.72. The van der Waals surface area contributed by atoms with Crippen LogP contribution in [0.3, 0.4) is 0 Å². The zero-order valence-corrected chi connectivity index (χ0v) is 11.0. The van der Waals surface area contributed by atoms with Crippen molar-refractivity contribution in [1.82, 2.24) is 0 Å². The Balaban J connectivity index is 3.18. The molecule has 0 saturated carbocycles. The molecular formula is C11H14Cl3N. The van der Waals surface area contributed by atoms with Crippen molar-refractivity contribution in [1.29, 1.82) is 0 Å². The van der Waals surface area contributed by atoms with E-state index in [2.05, 4.69) is 13.8 Å². The highest BCUT2D eigenvalue weighted by molar-refractivity contribution is 6.44. The number of benzene rings is 1. The van der Waals surface area contributed by atoms with Crippen molar-refractivity contribution in [3.05, 3.63) is 32.8 Å². The molecule has 2 N–H and O–H groups in total. The van der Waals surface area contributed by atoms with Gasteiger partial charge in [0.2, 0.25) is 0 Å². The van der Waals surface area contributed by atoms with E-state index in [1.807, 2.05) is 0 Å². The molecule has 1 aromatic rings. The Morgan fingerprint density at radius 3 is 2.27 bits per heavy atom. The molecule has 0 bridgehead atoms. The summed E-state index contributed by atoms with van der Waals surface area (Å²) < 4.78 is 0. The van der Waals surface area contributed by atoms with Crippen LogP contribution >= 0.6 is 34.8 Å². The van der Waals surface area contributed by atoms with Crippen LogP contribution < -0.4 is 5.73 Å². The largest absolute Gasteiger partial charge is 0.324 e. The van der Waals surface area contributed by atoms with Crippen molar-refractivity contribution >= 4 is 34.8 Å². The maximum Gasteiger partial charge on any atom is 0.0655 e. The minimum Gasteiger partial charge on any atom is -0.324 e. The van der Waals surface area contributed by atoms with Crippen LogP contribution in [0.2, 0.25) is 15.1 Å². The van der Waals surface area contributed by atoms with Crippen molar-refractivity contribution < 1.29 is 0 Å². The Morgan fingerprint density at radius 2 is 1.73 bits per heavy atom. The van der Waals surface area contributed by atoms with Crippen LogP contribution in [0.1, 0.15) is 31.9 Å². The SMILES string of the molecule is CCC(C)[C@@H](N)c1c(Cl)ccc(Cl)c1Cl. The Labute approximate surface area is 106 Å². The molecule has 0 fully saturated rings. The lowest BCUT2D eigenvalue weighted by atomic mass is 9.93. The first kappa shape index (κ1) is 13.1. The van der Waals surface area contributed by atoms with Gasteiger partial charge in [-0.3, -0.25) is 0 Å². The molecule has 0 amide bonds. The molecule has 2 atom stereocenters. The summed E-state index contributed by atoms with van der Waals surface area (Å²) in [6.45, 7) is 4.15. The van der Waals surface area contributed by atoms with E-state index in [1.165, 1.54) is 0 Å². The summed E-state index contributed by atoms with van der Waals surface area (Å²) in [5.74, 6) is 0.318. The number of rotatable bonds is 3. The van der Waals surface area contributed by atoms with Gasteiger partial charge in [-0.25, -0.2) is 0 Å². The van der Waals surface area contributed by atoms with Crippen molar-refractivity contribution in [2.24, 2.45) is 11.7 Å². The van der Waals surface area contributed by atoms with Gasteiger partial charge in [0.25, 0.3) is 0 Å². The van der Waals surface area contributed by atoms with Crippen LogP contribution in [0.5, 0.6) is 0 Å². The van der Waals surface area contributed by atoms with Gasteiger partial charge in [-0.15, -0.1) is 0 Å². The van der Waals surface area contributed by atoms with E-state index in [-0.39, 0.29) is 6.04 Å². The average molecular weight is 267 g/mol. The predicted octanol–water partition coefficient (Wildman–Crippen LogP) is 4.69. The number of nitrogens with two attached hydrogens (primary N) is 1. The molecule has 0 saturated heterocycles. The van der Waals surface area contributed by atoms with E-state index in [1.54, 1.807) is 12.1 Å². The summed E-state index contributed by atoms with van der Waals surface area (Å²) in [7, 11) is 0. The molecule has 0 heterocycles. The van der Waals surface area contributed by atoms with Crippen molar-refractivity contribution in [2.45, 2.75) is 26.3 Å². The molecule has 0 aliphatic heterocycles. The smallest absolute Gasteiger partial charge is 0.0655 e. The summed E-state index contributed by atoms with van der Waals surface area (Å²) in [5, 5.41) is 1.55. The Hall–Kier alpha value is 0.0500. The summed E-state index contributed by atoms with van der Waals surface area (Å²) >= 11 is 18.1. The number of hydrogen-bond donors (Lipinski definition) is 1. The average Bonchev–Trinajstić information content (AvgIpc) is 2.22. The first-order valence-corrected chi connectivity index (χ1v) is 6.01. The minimum absolute atomic E-state index is 0.173. The molecule has 0 aromatic heterocycles. The van der Waals surface area contributed by atoms with Gasteiger partial charge in [-0.1, -0.05) is 55.1 Å². The summed E-state index contributed by atoms with van der Waals surface area (Å²) in [6, 6.07) is 3.24. The van der Waals surface area contributed by atoms with Gasteiger partial charge in [-0.2, -0.15) is 0 Å². The van der Waals surface area contributed by atoms with E-state index >= 15 is 0 Å². The molecular weight excluding hydrogens is 252 g/mol. The second kappa shape index (κ2) is 5.40. The molecule has 0 aliphatic rings. The van der Waals surface area contributed by atoms with Gasteiger partial charge in [0, 0.05) is 16.6 Å². The van der Waals surface area contributed by atoms with Gasteiger partial charge in [0.05, 0.1) is 10.0 Å². The van der Waals surface area contributed by atoms with E-state index < -0.39 is 0 Å². The molecule has 0 aliphatic carbocycles. The Morgan fingerprint density at radius 1 is 1.20 bits per heavy atom. The lowest BCUT2D eigenvalue weighted by Gasteiger charge is -2.21. The van der Waals surface area contributed by atoms with E-state index in [0.717, 1.165) is 12.0 Å². The quantitative estimate of drug-likeness (QED) is 0.789. The Bertz CT molecular complexity index is 352. The van der Waals surface area contributed by atoms with Crippen molar-refractivity contribution in [2.75, 3.05) is 0 Å². The second-order valence-electron chi connectivity index (χ2n) is 3.67. The van der Waals surface area contributed by atoms with Gasteiger partial charge >= 0.3 is 0 Å². The number of halogens is 3. The van der Waals surface area contributed by atoms with Crippen molar-refractivity contribution in [3.63, 3.8) is 0 Å². The number of hydrogen-bond acceptors (Lipinski definition) is 1. The molecule has 15 heavy (non-hydrogen) atoms. The first-order chi connectivity index (χ1) is 6.99. The fourth-order valence-electron chi connectivity index (χ4n) is 1.39. The van der Waals surface area contributed by atoms with E-state index in [9.17, 15) is 0 Å². The minimum atomic E-state index is -0.173. The van der Waals surface area contributed by atoms with Gasteiger partial charge in [-0.05, 0) is 18.1 Å². The third-order valence-corrected chi connectivity index (χ3v) is 3.82. The van der Waals surface area contributed by atoms with Crippen LogP contribution in [0.25, 0.3) is 0 Å². The highest BCUT2D eigenvalue weighted by Gasteiger charge is 2.20. The van der Waals surface area contributed by atoms with Gasteiger partial charge < -0.3 is 5.73 Å². The molecule has 0 spiro atoms. The summed E-state index contributed by atoms with van der Waals surface area (Å²) in [6.07, 6.45) is 0.973. The molecule has 4 heteroatoms. The fraction of sp³-hybridized carbons (Fsp3) is 0.455. The van der Waals surface area contributed by atoms with Crippen LogP contribution in [0.15, 0.2) is 12.1 Å². The van der Waals surface area contributed by atoms with E-state index in [4.69, 9.17) is 40.5 Å². The van der Waals surface area contributed by atoms with Crippen molar-refractivity contribution in [3.8, 4) is 0 Å². The monoisotopic (exact) mass is 265 g/mol. The highest BCUT2D eigenvalue weighted by Crippen LogP contribution is 2.37. The van der Waals surface area contributed by atoms with Crippen LogP contribution in [-0.2, 0) is 0 Å². The molecule has 84 valence electrons. The molecule has 0 radical (unpaired) electrons. The van der Waals surface area contributed by atoms with E-state index in [0.29, 0.717) is 21.0 Å². The van der Waals surface area contributed by atoms with Crippen LogP contribution in [-0.4, -0.2) is 0 Å². The summed E-state index contributed by atoms with van der Waals surface area (Å²) in [5.41, 5.74) is 6.84. The molecule has 1 rings (SSSR count). The topological polar surface area (TPSA) is 26.0 Å². The maximum atomic E-state index is 6.10. The fourth-order valence-corrected chi connectivity index (χ4v) is 2.17. The molecule has 1 aromatic carbocycles. The lowest BCUT2D eigenvalue weighted by molar-refractivity contribution is 0.457. The second-order valence-corrected chi connectivity index (χ2v) is 4.86. The van der Waals surface area contributed by atoms with Crippen LogP contribution in [0.4, 0.5) is 0 Å². The third-order valence-electron chi connectivity index (χ3n) is 2.67. The first-order valence-electron chi connectivity index (χ1n) is 4.88. The third kappa shape index (κ3) is 2.79. The zero-order valence-electron chi connectivity index (χ0n) is 8.73. The molecule has 1 nitrogen and oxygen atoms in total. The standard InChI is InChI=1S/C11H14Cl3N/c1-3-6(2)11(15)9-7(12)4-5-8(13)10(9)14/h4-6,11H,3,15H2,1-2H3/t6?,11-/m1/s1. The van der Waals surface area contributed by atoms with Gasteiger partial charge in [0.15, 0.2) is 0 Å². The maximum absolute atomic E-state index is 6.10. The molecule has 1 unspecified atom stereocenters. The lowest BCUT2D eigenvalue weighted by Crippen LogP contribution is -2.19. The predicted molar refractivity (Wildman–Crippen MR) is 67.9 cm³/mol. The highest BCUT2D eigenvalue weighted by atomic mass is 35.5. The van der Waals surface area contributed by atoms with Crippen LogP contribution in [0, 0.1) is 5.92 Å². The normalized spacial score (nSPS) is 15.1. The zero-order chi connectivity index (χ0) is 11.6. The summed E-state index contributed by atoms with van der Waals surface area (Å²) in [4.78, 5) is 0.